The van der Waals surface area contributed by atoms with Crippen molar-refractivity contribution in [3.63, 3.8) is 0 Å². The van der Waals surface area contributed by atoms with E-state index in [0.717, 1.165) is 46.2 Å². The van der Waals surface area contributed by atoms with E-state index in [2.05, 4.69) is 20.4 Å². The normalized spacial score (nSPS) is 10.9. The number of aryl methyl sites for hydroxylation is 3. The van der Waals surface area contributed by atoms with Crippen molar-refractivity contribution in [2.24, 2.45) is 7.05 Å². The molecule has 0 amide bonds. The molecule has 1 N–H and O–H groups in total. The zero-order chi connectivity index (χ0) is 15.7. The molecule has 0 fully saturated rings. The molecule has 6 heteroatoms. The van der Waals surface area contributed by atoms with Gasteiger partial charge in [-0.1, -0.05) is 13.0 Å². The second-order valence-corrected chi connectivity index (χ2v) is 5.11. The van der Waals surface area contributed by atoms with E-state index in [0.29, 0.717) is 0 Å². The van der Waals surface area contributed by atoms with E-state index in [9.17, 15) is 0 Å². The molecule has 0 atom stereocenters. The minimum absolute atomic E-state index is 0.762. The Kier molecular flexibility index (Phi) is 3.66. The Morgan fingerprint density at radius 3 is 2.82 bits per heavy atom. The molecule has 114 valence electrons. The first-order valence-corrected chi connectivity index (χ1v) is 7.23. The Morgan fingerprint density at radius 2 is 2.09 bits per heavy atom. The van der Waals surface area contributed by atoms with Crippen molar-refractivity contribution in [3.05, 3.63) is 35.8 Å². The zero-order valence-corrected chi connectivity index (χ0v) is 13.2. The second-order valence-electron chi connectivity index (χ2n) is 5.11. The van der Waals surface area contributed by atoms with Crippen LogP contribution in [0.3, 0.4) is 0 Å². The summed E-state index contributed by atoms with van der Waals surface area (Å²) in [5.74, 6) is 2.36. The minimum Gasteiger partial charge on any atom is -0.497 e. The Labute approximate surface area is 129 Å². The highest BCUT2D eigenvalue weighted by Gasteiger charge is 2.14. The maximum atomic E-state index is 5.26. The molecular formula is C16H19N5O. The van der Waals surface area contributed by atoms with E-state index in [1.165, 1.54) is 0 Å². The van der Waals surface area contributed by atoms with Crippen LogP contribution in [0.4, 0.5) is 11.5 Å². The van der Waals surface area contributed by atoms with Crippen LogP contribution in [-0.4, -0.2) is 26.9 Å². The number of nitrogens with zero attached hydrogens (tertiary/aromatic N) is 4. The summed E-state index contributed by atoms with van der Waals surface area (Å²) in [6.07, 6.45) is 0.775. The number of methoxy groups -OCH3 is 1. The molecular weight excluding hydrogens is 278 g/mol. The number of anilines is 2. The molecule has 0 aliphatic rings. The Bertz CT molecular complexity index is 825. The number of hydrogen-bond acceptors (Lipinski definition) is 5. The van der Waals surface area contributed by atoms with Crippen LogP contribution in [0, 0.1) is 6.92 Å². The van der Waals surface area contributed by atoms with Crippen LogP contribution in [0.1, 0.15) is 18.4 Å². The van der Waals surface area contributed by atoms with Crippen molar-refractivity contribution in [1.82, 2.24) is 19.7 Å². The van der Waals surface area contributed by atoms with Crippen LogP contribution in [0.15, 0.2) is 24.3 Å². The van der Waals surface area contributed by atoms with Gasteiger partial charge in [0.2, 0.25) is 0 Å². The van der Waals surface area contributed by atoms with Gasteiger partial charge in [0.05, 0.1) is 12.8 Å². The van der Waals surface area contributed by atoms with E-state index in [-0.39, 0.29) is 0 Å². The number of nitrogens with one attached hydrogen (secondary N) is 1. The monoisotopic (exact) mass is 297 g/mol. The predicted octanol–water partition coefficient (Wildman–Crippen LogP) is 2.99. The third-order valence-electron chi connectivity index (χ3n) is 3.55. The first-order chi connectivity index (χ1) is 10.6. The van der Waals surface area contributed by atoms with Crippen LogP contribution in [0.2, 0.25) is 0 Å². The maximum Gasteiger partial charge on any atom is 0.160 e. The van der Waals surface area contributed by atoms with Gasteiger partial charge < -0.3 is 10.1 Å². The van der Waals surface area contributed by atoms with Crippen LogP contribution in [0.25, 0.3) is 11.0 Å². The van der Waals surface area contributed by atoms with Crippen LogP contribution >= 0.6 is 0 Å². The minimum atomic E-state index is 0.762. The quantitative estimate of drug-likeness (QED) is 0.802. The lowest BCUT2D eigenvalue weighted by Crippen LogP contribution is -2.03. The largest absolute Gasteiger partial charge is 0.497 e. The van der Waals surface area contributed by atoms with Gasteiger partial charge in [-0.2, -0.15) is 5.10 Å². The van der Waals surface area contributed by atoms with Gasteiger partial charge in [0.1, 0.15) is 22.6 Å². The smallest absolute Gasteiger partial charge is 0.160 e. The molecule has 0 aliphatic carbocycles. The lowest BCUT2D eigenvalue weighted by molar-refractivity contribution is 0.415. The van der Waals surface area contributed by atoms with Crippen molar-refractivity contribution in [2.45, 2.75) is 20.3 Å². The van der Waals surface area contributed by atoms with Crippen molar-refractivity contribution in [1.29, 1.82) is 0 Å². The van der Waals surface area contributed by atoms with Gasteiger partial charge in [0.25, 0.3) is 0 Å². The van der Waals surface area contributed by atoms with Gasteiger partial charge in [-0.3, -0.25) is 4.68 Å². The molecule has 3 rings (SSSR count). The van der Waals surface area contributed by atoms with E-state index in [4.69, 9.17) is 4.74 Å². The average molecular weight is 297 g/mol. The molecule has 0 aliphatic heterocycles. The molecule has 6 nitrogen and oxygen atoms in total. The molecule has 2 heterocycles. The van der Waals surface area contributed by atoms with Crippen molar-refractivity contribution in [2.75, 3.05) is 12.4 Å². The van der Waals surface area contributed by atoms with Gasteiger partial charge in [0, 0.05) is 25.2 Å². The summed E-state index contributed by atoms with van der Waals surface area (Å²) in [6, 6.07) is 7.76. The Hall–Kier alpha value is -2.63. The number of aromatic nitrogens is 4. The predicted molar refractivity (Wildman–Crippen MR) is 86.7 cm³/mol. The molecule has 0 unspecified atom stereocenters. The topological polar surface area (TPSA) is 64.9 Å². The first kappa shape index (κ1) is 14.3. The molecule has 1 aromatic carbocycles. The van der Waals surface area contributed by atoms with Gasteiger partial charge in [-0.25, -0.2) is 9.97 Å². The van der Waals surface area contributed by atoms with Crippen LogP contribution in [-0.2, 0) is 13.5 Å². The van der Waals surface area contributed by atoms with Gasteiger partial charge >= 0.3 is 0 Å². The molecule has 0 radical (unpaired) electrons. The standard InChI is InChI=1S/C16H19N5O/c1-5-13-18-14-10(2)20-21(3)15(14)16(19-13)17-11-7-6-8-12(9-11)22-4/h6-9H,5H2,1-4H3,(H,17,18,19). The maximum absolute atomic E-state index is 5.26. The van der Waals surface area contributed by atoms with E-state index >= 15 is 0 Å². The number of benzene rings is 1. The second kappa shape index (κ2) is 5.63. The molecule has 22 heavy (non-hydrogen) atoms. The summed E-state index contributed by atoms with van der Waals surface area (Å²) in [6.45, 7) is 4.01. The molecule has 0 spiro atoms. The van der Waals surface area contributed by atoms with Gasteiger partial charge in [-0.05, 0) is 19.1 Å². The summed E-state index contributed by atoms with van der Waals surface area (Å²) in [5, 5.41) is 7.81. The Morgan fingerprint density at radius 1 is 1.27 bits per heavy atom. The van der Waals surface area contributed by atoms with Crippen molar-refractivity contribution in [3.8, 4) is 5.75 Å². The fourth-order valence-corrected chi connectivity index (χ4v) is 2.47. The van der Waals surface area contributed by atoms with E-state index < -0.39 is 0 Å². The number of rotatable bonds is 4. The molecule has 0 bridgehead atoms. The van der Waals surface area contributed by atoms with E-state index in [1.54, 1.807) is 7.11 Å². The average Bonchev–Trinajstić information content (AvgIpc) is 2.82. The summed E-state index contributed by atoms with van der Waals surface area (Å²) in [5.41, 5.74) is 3.61. The van der Waals surface area contributed by atoms with Gasteiger partial charge in [0.15, 0.2) is 5.82 Å². The molecule has 3 aromatic rings. The van der Waals surface area contributed by atoms with Crippen molar-refractivity contribution >= 4 is 22.5 Å². The molecule has 0 saturated carbocycles. The lowest BCUT2D eigenvalue weighted by Gasteiger charge is -2.10. The molecule has 2 aromatic heterocycles. The fourth-order valence-electron chi connectivity index (χ4n) is 2.47. The highest BCUT2D eigenvalue weighted by molar-refractivity contribution is 5.89. The lowest BCUT2D eigenvalue weighted by atomic mass is 10.3. The number of fused-ring (bicyclic) bond motifs is 1. The van der Waals surface area contributed by atoms with Crippen LogP contribution < -0.4 is 10.1 Å². The highest BCUT2D eigenvalue weighted by atomic mass is 16.5. The molecule has 0 saturated heterocycles. The highest BCUT2D eigenvalue weighted by Crippen LogP contribution is 2.27. The third-order valence-corrected chi connectivity index (χ3v) is 3.55. The summed E-state index contributed by atoms with van der Waals surface area (Å²) < 4.78 is 7.07. The zero-order valence-electron chi connectivity index (χ0n) is 13.2. The Balaban J connectivity index is 2.12. The fraction of sp³-hybridized carbons (Fsp3) is 0.312. The SMILES string of the molecule is CCc1nc(Nc2cccc(OC)c2)c2c(n1)c(C)nn2C. The van der Waals surface area contributed by atoms with Gasteiger partial charge in [-0.15, -0.1) is 0 Å². The first-order valence-electron chi connectivity index (χ1n) is 7.23. The summed E-state index contributed by atoms with van der Waals surface area (Å²) in [4.78, 5) is 9.21. The van der Waals surface area contributed by atoms with E-state index in [1.807, 2.05) is 49.8 Å². The van der Waals surface area contributed by atoms with Crippen LogP contribution in [0.5, 0.6) is 5.75 Å². The summed E-state index contributed by atoms with van der Waals surface area (Å²) >= 11 is 0. The summed E-state index contributed by atoms with van der Waals surface area (Å²) in [7, 11) is 3.56. The third kappa shape index (κ3) is 2.47. The number of ether oxygens (including phenoxy) is 1. The van der Waals surface area contributed by atoms with Crippen molar-refractivity contribution < 1.29 is 4.74 Å². The number of hydrogen-bond donors (Lipinski definition) is 1.